The predicted octanol–water partition coefficient (Wildman–Crippen LogP) is 2.83. The van der Waals surface area contributed by atoms with E-state index < -0.39 is 23.3 Å². The molecule has 0 aliphatic rings. The Labute approximate surface area is 121 Å². The van der Waals surface area contributed by atoms with Crippen molar-refractivity contribution >= 4 is 11.6 Å². The van der Waals surface area contributed by atoms with Crippen LogP contribution in [0, 0.1) is 0 Å². The third-order valence-corrected chi connectivity index (χ3v) is 2.76. The SMILES string of the molecule is CCCOCCCNC(=O)c1cccc(C(F)(F)F)c1N. The van der Waals surface area contributed by atoms with E-state index in [4.69, 9.17) is 10.5 Å². The van der Waals surface area contributed by atoms with Gasteiger partial charge in [-0.25, -0.2) is 0 Å². The molecule has 0 atom stereocenters. The van der Waals surface area contributed by atoms with Crippen molar-refractivity contribution in [1.82, 2.24) is 5.32 Å². The smallest absolute Gasteiger partial charge is 0.398 e. The molecule has 7 heteroatoms. The molecular weight excluding hydrogens is 285 g/mol. The van der Waals surface area contributed by atoms with Crippen LogP contribution >= 0.6 is 0 Å². The lowest BCUT2D eigenvalue weighted by molar-refractivity contribution is -0.136. The number of rotatable bonds is 7. The Morgan fingerprint density at radius 1 is 1.33 bits per heavy atom. The van der Waals surface area contributed by atoms with Gasteiger partial charge < -0.3 is 15.8 Å². The molecule has 118 valence electrons. The van der Waals surface area contributed by atoms with Gasteiger partial charge in [0.1, 0.15) is 0 Å². The first kappa shape index (κ1) is 17.3. The zero-order valence-electron chi connectivity index (χ0n) is 11.8. The standard InChI is InChI=1S/C14H19F3N2O2/c1-2-8-21-9-4-7-19-13(20)10-5-3-6-11(12(10)18)14(15,16)17/h3,5-6H,2,4,7-9,18H2,1H3,(H,19,20). The molecule has 3 N–H and O–H groups in total. The van der Waals surface area contributed by atoms with Gasteiger partial charge in [-0.2, -0.15) is 13.2 Å². The Morgan fingerprint density at radius 3 is 2.67 bits per heavy atom. The molecule has 0 radical (unpaired) electrons. The third kappa shape index (κ3) is 5.26. The van der Waals surface area contributed by atoms with Crippen molar-refractivity contribution in [2.75, 3.05) is 25.5 Å². The molecule has 0 heterocycles. The van der Waals surface area contributed by atoms with E-state index in [1.54, 1.807) is 0 Å². The van der Waals surface area contributed by atoms with Crippen LogP contribution in [0.1, 0.15) is 35.7 Å². The van der Waals surface area contributed by atoms with Gasteiger partial charge in [0.05, 0.1) is 16.8 Å². The highest BCUT2D eigenvalue weighted by atomic mass is 19.4. The van der Waals surface area contributed by atoms with Crippen LogP contribution in [0.15, 0.2) is 18.2 Å². The minimum Gasteiger partial charge on any atom is -0.398 e. The second-order valence-electron chi connectivity index (χ2n) is 4.49. The molecule has 0 spiro atoms. The highest BCUT2D eigenvalue weighted by Crippen LogP contribution is 2.34. The molecule has 4 nitrogen and oxygen atoms in total. The summed E-state index contributed by atoms with van der Waals surface area (Å²) in [7, 11) is 0. The van der Waals surface area contributed by atoms with E-state index in [1.165, 1.54) is 12.1 Å². The van der Waals surface area contributed by atoms with Gasteiger partial charge in [0.25, 0.3) is 5.91 Å². The lowest BCUT2D eigenvalue weighted by Gasteiger charge is -2.13. The number of amides is 1. The second-order valence-corrected chi connectivity index (χ2v) is 4.49. The molecule has 0 bridgehead atoms. The molecule has 0 aromatic heterocycles. The summed E-state index contributed by atoms with van der Waals surface area (Å²) >= 11 is 0. The number of nitrogens with one attached hydrogen (secondary N) is 1. The molecule has 0 saturated carbocycles. The van der Waals surface area contributed by atoms with E-state index in [0.717, 1.165) is 12.5 Å². The average Bonchev–Trinajstić information content (AvgIpc) is 2.41. The Kier molecular flexibility index (Phi) is 6.48. The number of hydrogen-bond donors (Lipinski definition) is 2. The fourth-order valence-corrected chi connectivity index (χ4v) is 1.73. The Balaban J connectivity index is 2.59. The van der Waals surface area contributed by atoms with Crippen LogP contribution < -0.4 is 11.1 Å². The van der Waals surface area contributed by atoms with Crippen molar-refractivity contribution in [3.8, 4) is 0 Å². The lowest BCUT2D eigenvalue weighted by atomic mass is 10.1. The quantitative estimate of drug-likeness (QED) is 0.601. The number of hydrogen-bond acceptors (Lipinski definition) is 3. The summed E-state index contributed by atoms with van der Waals surface area (Å²) in [6.07, 6.45) is -3.08. The summed E-state index contributed by atoms with van der Waals surface area (Å²) in [5.74, 6) is -0.617. The van der Waals surface area contributed by atoms with Crippen molar-refractivity contribution in [3.63, 3.8) is 0 Å². The van der Waals surface area contributed by atoms with Crippen molar-refractivity contribution in [3.05, 3.63) is 29.3 Å². The van der Waals surface area contributed by atoms with Gasteiger partial charge in [-0.3, -0.25) is 4.79 Å². The Bertz CT molecular complexity index is 476. The summed E-state index contributed by atoms with van der Waals surface area (Å²) in [6, 6.07) is 3.29. The summed E-state index contributed by atoms with van der Waals surface area (Å²) in [5.41, 5.74) is 3.72. The number of nitrogens with two attached hydrogens (primary N) is 1. The summed E-state index contributed by atoms with van der Waals surface area (Å²) in [6.45, 7) is 3.44. The zero-order valence-corrected chi connectivity index (χ0v) is 11.8. The molecule has 1 rings (SSSR count). The van der Waals surface area contributed by atoms with E-state index >= 15 is 0 Å². The maximum Gasteiger partial charge on any atom is 0.418 e. The summed E-state index contributed by atoms with van der Waals surface area (Å²) in [5, 5.41) is 2.53. The molecule has 0 unspecified atom stereocenters. The number of benzene rings is 1. The van der Waals surface area contributed by atoms with Gasteiger partial charge in [0.2, 0.25) is 0 Å². The van der Waals surface area contributed by atoms with Crippen LogP contribution in [0.5, 0.6) is 0 Å². The number of halogens is 3. The lowest BCUT2D eigenvalue weighted by Crippen LogP contribution is -2.27. The summed E-state index contributed by atoms with van der Waals surface area (Å²) < 4.78 is 43.3. The van der Waals surface area contributed by atoms with Gasteiger partial charge in [0, 0.05) is 19.8 Å². The largest absolute Gasteiger partial charge is 0.418 e. The number of alkyl halides is 3. The fraction of sp³-hybridized carbons (Fsp3) is 0.500. The zero-order chi connectivity index (χ0) is 15.9. The minimum absolute atomic E-state index is 0.167. The minimum atomic E-state index is -4.58. The van der Waals surface area contributed by atoms with E-state index in [9.17, 15) is 18.0 Å². The van der Waals surface area contributed by atoms with E-state index in [1.807, 2.05) is 6.92 Å². The van der Waals surface area contributed by atoms with Crippen LogP contribution in [0.4, 0.5) is 18.9 Å². The molecule has 1 aromatic carbocycles. The van der Waals surface area contributed by atoms with Crippen molar-refractivity contribution in [1.29, 1.82) is 0 Å². The molecule has 0 saturated heterocycles. The molecular formula is C14H19F3N2O2. The first-order chi connectivity index (χ1) is 9.88. The molecule has 1 amide bonds. The number of carbonyl (C=O) groups excluding carboxylic acids is 1. The van der Waals surface area contributed by atoms with Crippen LogP contribution in [0.3, 0.4) is 0 Å². The first-order valence-electron chi connectivity index (χ1n) is 6.69. The molecule has 1 aromatic rings. The average molecular weight is 304 g/mol. The van der Waals surface area contributed by atoms with Gasteiger partial charge in [-0.05, 0) is 25.0 Å². The Hall–Kier alpha value is -1.76. The van der Waals surface area contributed by atoms with Crippen LogP contribution in [-0.2, 0) is 10.9 Å². The van der Waals surface area contributed by atoms with E-state index in [2.05, 4.69) is 5.32 Å². The number of ether oxygens (including phenoxy) is 1. The van der Waals surface area contributed by atoms with Crippen molar-refractivity contribution in [2.24, 2.45) is 0 Å². The first-order valence-corrected chi connectivity index (χ1v) is 6.69. The Morgan fingerprint density at radius 2 is 2.05 bits per heavy atom. The number of carbonyl (C=O) groups is 1. The van der Waals surface area contributed by atoms with E-state index in [-0.39, 0.29) is 5.56 Å². The van der Waals surface area contributed by atoms with Crippen molar-refractivity contribution < 1.29 is 22.7 Å². The summed E-state index contributed by atoms with van der Waals surface area (Å²) in [4.78, 5) is 11.8. The van der Waals surface area contributed by atoms with Crippen LogP contribution in [-0.4, -0.2) is 25.7 Å². The normalized spacial score (nSPS) is 11.4. The molecule has 0 aliphatic carbocycles. The van der Waals surface area contributed by atoms with Gasteiger partial charge in [0.15, 0.2) is 0 Å². The van der Waals surface area contributed by atoms with Crippen molar-refractivity contribution in [2.45, 2.75) is 25.9 Å². The molecule has 0 aliphatic heterocycles. The monoisotopic (exact) mass is 304 g/mol. The van der Waals surface area contributed by atoms with Gasteiger partial charge >= 0.3 is 6.18 Å². The highest BCUT2D eigenvalue weighted by molar-refractivity contribution is 5.99. The van der Waals surface area contributed by atoms with Crippen LogP contribution in [0.2, 0.25) is 0 Å². The highest BCUT2D eigenvalue weighted by Gasteiger charge is 2.34. The number of anilines is 1. The van der Waals surface area contributed by atoms with Crippen LogP contribution in [0.25, 0.3) is 0 Å². The molecule has 0 fully saturated rings. The third-order valence-electron chi connectivity index (χ3n) is 2.76. The van der Waals surface area contributed by atoms with Gasteiger partial charge in [-0.15, -0.1) is 0 Å². The topological polar surface area (TPSA) is 64.3 Å². The maximum atomic E-state index is 12.7. The fourth-order valence-electron chi connectivity index (χ4n) is 1.73. The van der Waals surface area contributed by atoms with Gasteiger partial charge in [-0.1, -0.05) is 13.0 Å². The molecule has 21 heavy (non-hydrogen) atoms. The number of nitrogen functional groups attached to an aromatic ring is 1. The second kappa shape index (κ2) is 7.87. The predicted molar refractivity (Wildman–Crippen MR) is 73.9 cm³/mol. The maximum absolute atomic E-state index is 12.7. The van der Waals surface area contributed by atoms with E-state index in [0.29, 0.717) is 26.2 Å². The number of para-hydroxylation sites is 1.